The zero-order valence-electron chi connectivity index (χ0n) is 18.0. The zero-order valence-corrected chi connectivity index (χ0v) is 18.8. The van der Waals surface area contributed by atoms with Crippen molar-refractivity contribution in [2.45, 2.75) is 38.8 Å². The molecule has 0 saturated carbocycles. The number of benzene rings is 1. The number of rotatable bonds is 6. The van der Waals surface area contributed by atoms with Crippen molar-refractivity contribution in [2.24, 2.45) is 0 Å². The number of carbonyl (C=O) groups is 2. The van der Waals surface area contributed by atoms with E-state index in [0.29, 0.717) is 36.4 Å². The lowest BCUT2D eigenvalue weighted by atomic mass is 10.0. The fourth-order valence-electron chi connectivity index (χ4n) is 3.87. The van der Waals surface area contributed by atoms with Crippen molar-refractivity contribution < 1.29 is 9.59 Å². The third-order valence-corrected chi connectivity index (χ3v) is 6.02. The van der Waals surface area contributed by atoms with E-state index >= 15 is 0 Å². The average molecular weight is 451 g/mol. The van der Waals surface area contributed by atoms with E-state index in [0.717, 1.165) is 24.2 Å². The molecule has 1 aliphatic heterocycles. The van der Waals surface area contributed by atoms with Crippen LogP contribution in [0.3, 0.4) is 0 Å². The van der Waals surface area contributed by atoms with Gasteiger partial charge in [-0.1, -0.05) is 29.8 Å². The molecular formula is C23H26N6O2S. The first-order chi connectivity index (χ1) is 15.5. The molecule has 4 rings (SSSR count). The van der Waals surface area contributed by atoms with Gasteiger partial charge in [0.05, 0.1) is 0 Å². The highest BCUT2D eigenvalue weighted by molar-refractivity contribution is 7.71. The summed E-state index contributed by atoms with van der Waals surface area (Å²) in [5.41, 5.74) is 2.76. The molecule has 0 radical (unpaired) electrons. The fraction of sp³-hybridized carbons (Fsp3) is 0.348. The van der Waals surface area contributed by atoms with Gasteiger partial charge in [-0.25, -0.2) is 0 Å². The molecule has 8 nitrogen and oxygen atoms in total. The molecule has 0 bridgehead atoms. The molecule has 2 N–H and O–H groups in total. The molecule has 32 heavy (non-hydrogen) atoms. The van der Waals surface area contributed by atoms with E-state index in [1.807, 2.05) is 40.7 Å². The van der Waals surface area contributed by atoms with Crippen molar-refractivity contribution in [3.8, 4) is 11.4 Å². The van der Waals surface area contributed by atoms with E-state index in [1.54, 1.807) is 24.5 Å². The fourth-order valence-corrected chi connectivity index (χ4v) is 4.09. The lowest BCUT2D eigenvalue weighted by Crippen LogP contribution is -2.46. The topological polar surface area (TPSA) is 95.9 Å². The number of hydrogen-bond acceptors (Lipinski definition) is 5. The van der Waals surface area contributed by atoms with Gasteiger partial charge in [0, 0.05) is 55.6 Å². The van der Waals surface area contributed by atoms with Gasteiger partial charge in [0.2, 0.25) is 5.91 Å². The van der Waals surface area contributed by atoms with Crippen LogP contribution in [0.5, 0.6) is 0 Å². The molecule has 0 atom stereocenters. The average Bonchev–Trinajstić information content (AvgIpc) is 3.19. The van der Waals surface area contributed by atoms with Crippen LogP contribution in [-0.2, 0) is 11.3 Å². The number of piperidine rings is 1. The molecule has 2 aromatic heterocycles. The first-order valence-electron chi connectivity index (χ1n) is 10.7. The summed E-state index contributed by atoms with van der Waals surface area (Å²) in [6, 6.07) is 11.6. The maximum Gasteiger partial charge on any atom is 0.253 e. The van der Waals surface area contributed by atoms with E-state index in [2.05, 4.69) is 20.5 Å². The lowest BCUT2D eigenvalue weighted by molar-refractivity contribution is -0.122. The van der Waals surface area contributed by atoms with E-state index in [1.165, 1.54) is 5.56 Å². The van der Waals surface area contributed by atoms with Crippen LogP contribution < -0.4 is 5.32 Å². The molecule has 0 unspecified atom stereocenters. The molecule has 1 aromatic carbocycles. The molecule has 1 saturated heterocycles. The van der Waals surface area contributed by atoms with Gasteiger partial charge in [0.25, 0.3) is 5.91 Å². The zero-order chi connectivity index (χ0) is 22.5. The van der Waals surface area contributed by atoms with Gasteiger partial charge in [0.15, 0.2) is 10.6 Å². The number of likely N-dealkylation sites (tertiary alicyclic amines) is 1. The molecule has 3 aromatic rings. The van der Waals surface area contributed by atoms with Crippen molar-refractivity contribution in [1.82, 2.24) is 30.0 Å². The Morgan fingerprint density at radius 1 is 1.12 bits per heavy atom. The van der Waals surface area contributed by atoms with Gasteiger partial charge in [-0.15, -0.1) is 0 Å². The van der Waals surface area contributed by atoms with E-state index in [-0.39, 0.29) is 17.9 Å². The summed E-state index contributed by atoms with van der Waals surface area (Å²) in [6.07, 6.45) is 5.03. The van der Waals surface area contributed by atoms with Crippen LogP contribution >= 0.6 is 12.2 Å². The Kier molecular flexibility index (Phi) is 6.75. The summed E-state index contributed by atoms with van der Waals surface area (Å²) in [4.78, 5) is 30.9. The monoisotopic (exact) mass is 450 g/mol. The highest BCUT2D eigenvalue weighted by Crippen LogP contribution is 2.19. The predicted octanol–water partition coefficient (Wildman–Crippen LogP) is 3.12. The van der Waals surface area contributed by atoms with Gasteiger partial charge in [-0.3, -0.25) is 24.2 Å². The Bertz CT molecular complexity index is 1130. The summed E-state index contributed by atoms with van der Waals surface area (Å²) < 4.78 is 2.35. The Morgan fingerprint density at radius 3 is 2.50 bits per heavy atom. The summed E-state index contributed by atoms with van der Waals surface area (Å²) in [6.45, 7) is 3.72. The van der Waals surface area contributed by atoms with Crippen LogP contribution in [0, 0.1) is 11.7 Å². The van der Waals surface area contributed by atoms with Crippen LogP contribution in [0.1, 0.15) is 35.2 Å². The van der Waals surface area contributed by atoms with Gasteiger partial charge in [0.1, 0.15) is 0 Å². The third-order valence-electron chi connectivity index (χ3n) is 5.71. The maximum absolute atomic E-state index is 12.6. The summed E-state index contributed by atoms with van der Waals surface area (Å²) >= 11 is 5.36. The second-order valence-corrected chi connectivity index (χ2v) is 8.38. The van der Waals surface area contributed by atoms with Crippen LogP contribution in [0.25, 0.3) is 11.4 Å². The quantitative estimate of drug-likeness (QED) is 0.563. The number of aromatic nitrogens is 4. The van der Waals surface area contributed by atoms with Crippen molar-refractivity contribution in [3.05, 3.63) is 64.7 Å². The van der Waals surface area contributed by atoms with Gasteiger partial charge in [-0.2, -0.15) is 5.10 Å². The van der Waals surface area contributed by atoms with E-state index < -0.39 is 0 Å². The number of hydrogen-bond donors (Lipinski definition) is 2. The van der Waals surface area contributed by atoms with Gasteiger partial charge in [-0.05, 0) is 44.1 Å². The van der Waals surface area contributed by atoms with E-state index in [9.17, 15) is 9.59 Å². The molecule has 0 aliphatic carbocycles. The van der Waals surface area contributed by atoms with E-state index in [4.69, 9.17) is 12.2 Å². The standard InChI is InChI=1S/C23H26N6O2S/c1-16-2-4-17(5-3-16)21-26-27-23(32)29(21)15-10-20(30)25-19-8-13-28(14-9-19)22(31)18-6-11-24-12-7-18/h2-7,11-12,19H,8-10,13-15H2,1H3,(H,25,30)(H,27,32). The minimum Gasteiger partial charge on any atom is -0.353 e. The van der Waals surface area contributed by atoms with Crippen LogP contribution in [0.4, 0.5) is 0 Å². The number of nitrogens with one attached hydrogen (secondary N) is 2. The van der Waals surface area contributed by atoms with Gasteiger partial charge >= 0.3 is 0 Å². The number of H-pyrrole nitrogens is 1. The summed E-state index contributed by atoms with van der Waals surface area (Å²) in [7, 11) is 0. The van der Waals surface area contributed by atoms with Crippen LogP contribution in [-0.4, -0.2) is 55.6 Å². The van der Waals surface area contributed by atoms with Crippen molar-refractivity contribution >= 4 is 24.0 Å². The smallest absolute Gasteiger partial charge is 0.253 e. The Labute approximate surface area is 191 Å². The normalized spacial score (nSPS) is 14.3. The number of aromatic amines is 1. The summed E-state index contributed by atoms with van der Waals surface area (Å²) in [5, 5.41) is 10.3. The van der Waals surface area contributed by atoms with Crippen LogP contribution in [0.2, 0.25) is 0 Å². The predicted molar refractivity (Wildman–Crippen MR) is 124 cm³/mol. The first kappa shape index (κ1) is 21.9. The largest absolute Gasteiger partial charge is 0.353 e. The number of pyridine rings is 1. The Balaban J connectivity index is 1.29. The first-order valence-corrected chi connectivity index (χ1v) is 11.1. The van der Waals surface area contributed by atoms with Gasteiger partial charge < -0.3 is 10.2 Å². The number of amides is 2. The van der Waals surface area contributed by atoms with Crippen LogP contribution in [0.15, 0.2) is 48.8 Å². The van der Waals surface area contributed by atoms with Crippen molar-refractivity contribution in [1.29, 1.82) is 0 Å². The minimum atomic E-state index is -0.0260. The molecular weight excluding hydrogens is 424 g/mol. The molecule has 3 heterocycles. The lowest BCUT2D eigenvalue weighted by Gasteiger charge is -2.32. The molecule has 0 spiro atoms. The molecule has 1 aliphatic rings. The summed E-state index contributed by atoms with van der Waals surface area (Å²) in [5.74, 6) is 0.711. The highest BCUT2D eigenvalue weighted by atomic mass is 32.1. The molecule has 166 valence electrons. The molecule has 1 fully saturated rings. The van der Waals surface area contributed by atoms with Crippen molar-refractivity contribution in [3.63, 3.8) is 0 Å². The third kappa shape index (κ3) is 5.11. The second kappa shape index (κ2) is 9.86. The second-order valence-electron chi connectivity index (χ2n) is 7.99. The SMILES string of the molecule is Cc1ccc(-c2n[nH]c(=S)n2CCC(=O)NC2CCN(C(=O)c3ccncc3)CC2)cc1. The Hall–Kier alpha value is -3.33. The number of aryl methyl sites for hydroxylation is 1. The molecule has 9 heteroatoms. The highest BCUT2D eigenvalue weighted by Gasteiger charge is 2.24. The molecule has 2 amide bonds. The number of nitrogens with zero attached hydrogens (tertiary/aromatic N) is 4. The minimum absolute atomic E-state index is 0.00939. The number of carbonyl (C=O) groups excluding carboxylic acids is 2. The Morgan fingerprint density at radius 2 is 1.81 bits per heavy atom. The maximum atomic E-state index is 12.6. The van der Waals surface area contributed by atoms with Crippen molar-refractivity contribution in [2.75, 3.05) is 13.1 Å².